The van der Waals surface area contributed by atoms with Crippen LogP contribution in [-0.2, 0) is 32.6 Å². The molecule has 3 unspecified atom stereocenters. The lowest BCUT2D eigenvalue weighted by Crippen LogP contribution is -2.48. The zero-order chi connectivity index (χ0) is 44.1. The lowest BCUT2D eigenvalue weighted by atomic mass is 9.94. The number of hydrogen-bond acceptors (Lipinski definition) is 8. The quantitative estimate of drug-likeness (QED) is 0.0302. The monoisotopic (exact) mass is 871 g/mol. The van der Waals surface area contributed by atoms with Crippen LogP contribution in [0.25, 0.3) is 0 Å². The summed E-state index contributed by atoms with van der Waals surface area (Å²) in [6.07, 6.45) is 27.2. The standard InChI is InChI=1S/C49H98O8Si2/c1-14-15-16-17-18-19-20-21-25-28-34-44(56-58(10,11)48(3,4)5)42-36-37-43(55-42)45(57-59(12,13)49(6,7)8)35-30-29-32-40(50)31-26-23-22-24-27-33-41-46(53-38-52-9)39(2)54-47(41)51/h39-46,50H,14-38H2,1-13H3/t39-,40?,41?,42+,43+,44+,45+,46?/m0/s1. The van der Waals surface area contributed by atoms with Crippen molar-refractivity contribution in [1.82, 2.24) is 0 Å². The summed E-state index contributed by atoms with van der Waals surface area (Å²) in [6, 6.07) is 0. The number of hydrogen-bond donors (Lipinski definition) is 1. The Balaban J connectivity index is 1.86. The highest BCUT2D eigenvalue weighted by Crippen LogP contribution is 2.42. The number of rotatable bonds is 33. The molecule has 2 rings (SSSR count). The van der Waals surface area contributed by atoms with Crippen LogP contribution >= 0.6 is 0 Å². The molecule has 8 atom stereocenters. The van der Waals surface area contributed by atoms with E-state index in [1.807, 2.05) is 6.92 Å². The molecular weight excluding hydrogens is 773 g/mol. The SMILES string of the molecule is CCCCCCCCCCCC[C@@H](O[Si](C)(C)C(C)(C)C)[C@H]1CC[C@H]([C@@H](CCCCC(O)CCCCCCCC2C(=O)O[C@@H](C)C2OCOC)O[Si](C)(C)C(C)(C)C)O1. The highest BCUT2D eigenvalue weighted by Gasteiger charge is 2.46. The molecule has 10 heteroatoms. The van der Waals surface area contributed by atoms with Crippen molar-refractivity contribution >= 4 is 22.6 Å². The largest absolute Gasteiger partial charge is 0.460 e. The second-order valence-electron chi connectivity index (χ2n) is 21.7. The average molecular weight is 871 g/mol. The maximum atomic E-state index is 12.3. The van der Waals surface area contributed by atoms with Crippen LogP contribution in [0.2, 0.25) is 36.3 Å². The zero-order valence-corrected chi connectivity index (χ0v) is 43.1. The fraction of sp³-hybridized carbons (Fsp3) is 0.980. The molecule has 59 heavy (non-hydrogen) atoms. The van der Waals surface area contributed by atoms with Gasteiger partial charge in [0, 0.05) is 7.11 Å². The molecule has 0 spiro atoms. The summed E-state index contributed by atoms with van der Waals surface area (Å²) in [7, 11) is -2.39. The van der Waals surface area contributed by atoms with Gasteiger partial charge in [-0.05, 0) is 88.1 Å². The van der Waals surface area contributed by atoms with Gasteiger partial charge in [0.2, 0.25) is 0 Å². The molecule has 0 aromatic carbocycles. The van der Waals surface area contributed by atoms with Gasteiger partial charge in [-0.1, -0.05) is 158 Å². The molecule has 0 aromatic rings. The molecule has 0 amide bonds. The second kappa shape index (κ2) is 27.8. The molecule has 0 aliphatic carbocycles. The van der Waals surface area contributed by atoms with Gasteiger partial charge >= 0.3 is 5.97 Å². The summed E-state index contributed by atoms with van der Waals surface area (Å²) in [5, 5.41) is 11.2. The number of cyclic esters (lactones) is 1. The lowest BCUT2D eigenvalue weighted by molar-refractivity contribution is -0.144. The Hall–Kier alpha value is -0.336. The van der Waals surface area contributed by atoms with E-state index >= 15 is 0 Å². The maximum Gasteiger partial charge on any atom is 0.312 e. The van der Waals surface area contributed by atoms with Crippen molar-refractivity contribution in [2.75, 3.05) is 13.9 Å². The Kier molecular flexibility index (Phi) is 25.8. The fourth-order valence-corrected chi connectivity index (χ4v) is 11.2. The predicted molar refractivity (Wildman–Crippen MR) is 251 cm³/mol. The fourth-order valence-electron chi connectivity index (χ4n) is 8.44. The third kappa shape index (κ3) is 20.4. The summed E-state index contributed by atoms with van der Waals surface area (Å²) in [4.78, 5) is 12.3. The third-order valence-electron chi connectivity index (χ3n) is 14.4. The summed E-state index contributed by atoms with van der Waals surface area (Å²) >= 11 is 0. The van der Waals surface area contributed by atoms with Crippen LogP contribution in [0.4, 0.5) is 0 Å². The molecule has 8 nitrogen and oxygen atoms in total. The maximum absolute atomic E-state index is 12.3. The van der Waals surface area contributed by atoms with Crippen molar-refractivity contribution in [3.63, 3.8) is 0 Å². The van der Waals surface area contributed by atoms with E-state index in [0.717, 1.165) is 89.9 Å². The van der Waals surface area contributed by atoms with Crippen molar-refractivity contribution < 1.29 is 37.7 Å². The van der Waals surface area contributed by atoms with Crippen LogP contribution in [0.5, 0.6) is 0 Å². The molecule has 2 heterocycles. The molecule has 2 aliphatic heterocycles. The van der Waals surface area contributed by atoms with Gasteiger partial charge in [-0.3, -0.25) is 4.79 Å². The first-order valence-corrected chi connectivity index (χ1v) is 30.6. The molecule has 2 aliphatic rings. The topological polar surface area (TPSA) is 92.7 Å². The summed E-state index contributed by atoms with van der Waals surface area (Å²) < 4.78 is 37.7. The number of carbonyl (C=O) groups is 1. The van der Waals surface area contributed by atoms with Crippen molar-refractivity contribution in [2.45, 2.75) is 288 Å². The van der Waals surface area contributed by atoms with Crippen LogP contribution in [0, 0.1) is 5.92 Å². The van der Waals surface area contributed by atoms with E-state index in [1.54, 1.807) is 7.11 Å². The smallest absolute Gasteiger partial charge is 0.312 e. The highest BCUT2D eigenvalue weighted by atomic mass is 28.4. The number of methoxy groups -OCH3 is 1. The predicted octanol–water partition coefficient (Wildman–Crippen LogP) is 13.8. The number of carbonyl (C=O) groups excluding carboxylic acids is 1. The molecule has 0 aromatic heterocycles. The highest BCUT2D eigenvalue weighted by molar-refractivity contribution is 6.74. The minimum atomic E-state index is -2.02. The van der Waals surface area contributed by atoms with Crippen molar-refractivity contribution in [1.29, 1.82) is 0 Å². The van der Waals surface area contributed by atoms with Crippen LogP contribution in [0.1, 0.15) is 209 Å². The van der Waals surface area contributed by atoms with E-state index in [0.29, 0.717) is 0 Å². The third-order valence-corrected chi connectivity index (χ3v) is 23.4. The number of aliphatic hydroxyl groups excluding tert-OH is 1. The van der Waals surface area contributed by atoms with Crippen LogP contribution < -0.4 is 0 Å². The van der Waals surface area contributed by atoms with Gasteiger partial charge in [-0.25, -0.2) is 0 Å². The first kappa shape index (κ1) is 54.8. The van der Waals surface area contributed by atoms with E-state index in [9.17, 15) is 9.90 Å². The Morgan fingerprint density at radius 2 is 1.07 bits per heavy atom. The van der Waals surface area contributed by atoms with E-state index in [2.05, 4.69) is 74.7 Å². The van der Waals surface area contributed by atoms with Gasteiger partial charge in [0.15, 0.2) is 16.6 Å². The number of unbranched alkanes of at least 4 members (excludes halogenated alkanes) is 14. The minimum absolute atomic E-state index is 0.0833. The van der Waals surface area contributed by atoms with Crippen molar-refractivity contribution in [3.8, 4) is 0 Å². The zero-order valence-electron chi connectivity index (χ0n) is 41.1. The molecule has 0 radical (unpaired) electrons. The van der Waals surface area contributed by atoms with E-state index in [-0.39, 0.29) is 71.5 Å². The van der Waals surface area contributed by atoms with Crippen LogP contribution in [0.3, 0.4) is 0 Å². The van der Waals surface area contributed by atoms with Crippen molar-refractivity contribution in [3.05, 3.63) is 0 Å². The normalized spacial score (nSPS) is 23.5. The summed E-state index contributed by atoms with van der Waals surface area (Å²) in [5.41, 5.74) is 0. The Labute approximate surface area is 367 Å². The molecule has 0 saturated carbocycles. The first-order valence-electron chi connectivity index (χ1n) is 24.7. The van der Waals surface area contributed by atoms with Gasteiger partial charge in [0.1, 0.15) is 19.0 Å². The van der Waals surface area contributed by atoms with E-state index in [1.165, 1.54) is 64.2 Å². The van der Waals surface area contributed by atoms with Crippen LogP contribution in [0.15, 0.2) is 0 Å². The van der Waals surface area contributed by atoms with Crippen molar-refractivity contribution in [2.24, 2.45) is 5.92 Å². The molecule has 2 saturated heterocycles. The summed E-state index contributed by atoms with van der Waals surface area (Å²) in [6.45, 7) is 28.0. The summed E-state index contributed by atoms with van der Waals surface area (Å²) in [5.74, 6) is -0.345. The van der Waals surface area contributed by atoms with Crippen LogP contribution in [-0.4, -0.2) is 84.3 Å². The molecule has 1 N–H and O–H groups in total. The van der Waals surface area contributed by atoms with E-state index < -0.39 is 16.6 Å². The molecular formula is C49H98O8Si2. The minimum Gasteiger partial charge on any atom is -0.460 e. The van der Waals surface area contributed by atoms with Gasteiger partial charge in [0.05, 0.1) is 36.4 Å². The molecule has 0 bridgehead atoms. The number of esters is 1. The Bertz CT molecular complexity index is 1100. The van der Waals surface area contributed by atoms with Gasteiger partial charge in [-0.2, -0.15) is 0 Å². The second-order valence-corrected chi connectivity index (χ2v) is 31.2. The van der Waals surface area contributed by atoms with Gasteiger partial charge in [-0.15, -0.1) is 0 Å². The average Bonchev–Trinajstić information content (AvgIpc) is 3.74. The number of ether oxygens (including phenoxy) is 4. The van der Waals surface area contributed by atoms with Gasteiger partial charge < -0.3 is 32.9 Å². The number of aliphatic hydroxyl groups is 1. The van der Waals surface area contributed by atoms with Gasteiger partial charge in [0.25, 0.3) is 0 Å². The Morgan fingerprint density at radius 1 is 0.661 bits per heavy atom. The lowest BCUT2D eigenvalue weighted by Gasteiger charge is -2.42. The molecule has 350 valence electrons. The van der Waals surface area contributed by atoms with E-state index in [4.69, 9.17) is 27.8 Å². The Morgan fingerprint density at radius 3 is 1.53 bits per heavy atom. The first-order chi connectivity index (χ1) is 27.7. The molecule has 2 fully saturated rings.